The van der Waals surface area contributed by atoms with Crippen molar-refractivity contribution < 1.29 is 9.13 Å². The highest BCUT2D eigenvalue weighted by Gasteiger charge is 2.24. The van der Waals surface area contributed by atoms with Crippen LogP contribution >= 0.6 is 0 Å². The van der Waals surface area contributed by atoms with Gasteiger partial charge in [-0.3, -0.25) is 0 Å². The van der Waals surface area contributed by atoms with Gasteiger partial charge in [0.15, 0.2) is 0 Å². The number of hydrogen-bond donors (Lipinski definition) is 0. The second kappa shape index (κ2) is 10.6. The predicted molar refractivity (Wildman–Crippen MR) is 164 cm³/mol. The van der Waals surface area contributed by atoms with Crippen molar-refractivity contribution in [2.75, 3.05) is 0 Å². The van der Waals surface area contributed by atoms with Gasteiger partial charge in [-0.25, -0.2) is 18.3 Å². The number of benzene rings is 3. The van der Waals surface area contributed by atoms with Crippen molar-refractivity contribution in [1.82, 2.24) is 9.13 Å². The summed E-state index contributed by atoms with van der Waals surface area (Å²) in [6.07, 6.45) is 13.3. The summed E-state index contributed by atoms with van der Waals surface area (Å²) in [7, 11) is 0. The molecule has 0 bridgehead atoms. The maximum absolute atomic E-state index is 2.37. The molecule has 0 amide bonds. The average Bonchev–Trinajstić information content (AvgIpc) is 3.50. The van der Waals surface area contributed by atoms with Crippen LogP contribution in [0.25, 0.3) is 11.4 Å². The van der Waals surface area contributed by atoms with Gasteiger partial charge in [0.05, 0.1) is 0 Å². The highest BCUT2D eigenvalue weighted by atomic mass is 15.1. The Labute approximate surface area is 240 Å². The Balaban J connectivity index is 1.48. The van der Waals surface area contributed by atoms with Crippen molar-refractivity contribution in [2.24, 2.45) is 0 Å². The van der Waals surface area contributed by atoms with Crippen LogP contribution in [0.1, 0.15) is 74.2 Å². The lowest BCUT2D eigenvalue weighted by molar-refractivity contribution is -0.709. The first kappa shape index (κ1) is 27.6. The molecule has 0 N–H and O–H groups in total. The summed E-state index contributed by atoms with van der Waals surface area (Å²) in [5.41, 5.74) is 17.3. The van der Waals surface area contributed by atoms with E-state index in [1.165, 1.54) is 72.6 Å². The normalized spacial score (nSPS) is 12.2. The molecule has 0 aliphatic heterocycles. The molecule has 4 heteroatoms. The van der Waals surface area contributed by atoms with Crippen molar-refractivity contribution in [3.63, 3.8) is 0 Å². The second-order valence-corrected chi connectivity index (χ2v) is 12.0. The average molecular weight is 533 g/mol. The summed E-state index contributed by atoms with van der Waals surface area (Å²) in [6, 6.07) is 11.7. The molecule has 206 valence electrons. The largest absolute Gasteiger partial charge is 0.249 e. The summed E-state index contributed by atoms with van der Waals surface area (Å²) >= 11 is 0. The summed E-state index contributed by atoms with van der Waals surface area (Å²) < 4.78 is 9.19. The van der Waals surface area contributed by atoms with Crippen LogP contribution in [0.3, 0.4) is 0 Å². The first-order valence-corrected chi connectivity index (χ1v) is 14.4. The quantitative estimate of drug-likeness (QED) is 0.205. The maximum Gasteiger partial charge on any atom is 0.249 e. The lowest BCUT2D eigenvalue weighted by atomic mass is 9.89. The van der Waals surface area contributed by atoms with Crippen LogP contribution in [-0.2, 0) is 6.54 Å². The van der Waals surface area contributed by atoms with E-state index in [4.69, 9.17) is 0 Å². The van der Waals surface area contributed by atoms with Gasteiger partial charge < -0.3 is 0 Å². The van der Waals surface area contributed by atoms with E-state index in [9.17, 15) is 0 Å². The van der Waals surface area contributed by atoms with Crippen LogP contribution in [0.4, 0.5) is 0 Å². The molecule has 40 heavy (non-hydrogen) atoms. The van der Waals surface area contributed by atoms with Gasteiger partial charge >= 0.3 is 0 Å². The molecule has 5 aromatic rings. The van der Waals surface area contributed by atoms with Gasteiger partial charge in [0, 0.05) is 5.56 Å². The van der Waals surface area contributed by atoms with E-state index in [1.54, 1.807) is 0 Å². The Kier molecular flexibility index (Phi) is 7.31. The molecule has 0 aliphatic rings. The Morgan fingerprint density at radius 2 is 1.10 bits per heavy atom. The number of imidazole rings is 2. The van der Waals surface area contributed by atoms with Gasteiger partial charge in [-0.1, -0.05) is 41.5 Å². The van der Waals surface area contributed by atoms with Crippen LogP contribution < -0.4 is 9.13 Å². The van der Waals surface area contributed by atoms with Gasteiger partial charge in [-0.15, -0.1) is 0 Å². The van der Waals surface area contributed by atoms with Crippen LogP contribution in [0.2, 0.25) is 0 Å². The number of nitrogens with zero attached hydrogens (tertiary/aromatic N) is 4. The molecule has 0 saturated carbocycles. The number of aryl methyl sites for hydroxylation is 8. The second-order valence-electron chi connectivity index (χ2n) is 12.0. The number of rotatable bonds is 6. The molecule has 1 unspecified atom stereocenters. The highest BCUT2D eigenvalue weighted by molar-refractivity contribution is 5.50. The molecular formula is C36H44N4+2. The Hall–Kier alpha value is -3.92. The summed E-state index contributed by atoms with van der Waals surface area (Å²) in [6.45, 7) is 23.1. The third-order valence-electron chi connectivity index (χ3n) is 8.53. The first-order valence-electron chi connectivity index (χ1n) is 14.4. The van der Waals surface area contributed by atoms with Crippen molar-refractivity contribution >= 4 is 0 Å². The van der Waals surface area contributed by atoms with E-state index in [-0.39, 0.29) is 6.04 Å². The van der Waals surface area contributed by atoms with Crippen LogP contribution in [0.5, 0.6) is 0 Å². The maximum atomic E-state index is 2.37. The fraction of sp³-hybridized carbons (Fsp3) is 0.333. The molecular weight excluding hydrogens is 488 g/mol. The smallest absolute Gasteiger partial charge is 0.232 e. The molecule has 1 atom stereocenters. The first-order chi connectivity index (χ1) is 18.9. The molecule has 4 nitrogen and oxygen atoms in total. The van der Waals surface area contributed by atoms with E-state index in [0.717, 1.165) is 6.54 Å². The van der Waals surface area contributed by atoms with Crippen LogP contribution in [0, 0.1) is 62.3 Å². The van der Waals surface area contributed by atoms with Crippen molar-refractivity contribution in [3.05, 3.63) is 129 Å². The van der Waals surface area contributed by atoms with E-state index in [1.807, 2.05) is 0 Å². The fourth-order valence-corrected chi connectivity index (χ4v) is 6.97. The monoisotopic (exact) mass is 532 g/mol. The zero-order chi connectivity index (χ0) is 28.9. The zero-order valence-corrected chi connectivity index (χ0v) is 25.9. The Morgan fingerprint density at radius 3 is 1.65 bits per heavy atom. The summed E-state index contributed by atoms with van der Waals surface area (Å²) in [4.78, 5) is 0. The number of hydrogen-bond acceptors (Lipinski definition) is 0. The van der Waals surface area contributed by atoms with E-state index in [2.05, 4.69) is 155 Å². The Morgan fingerprint density at radius 1 is 0.600 bits per heavy atom. The molecule has 5 rings (SSSR count). The lowest BCUT2D eigenvalue weighted by Crippen LogP contribution is -2.38. The van der Waals surface area contributed by atoms with E-state index < -0.39 is 0 Å². The van der Waals surface area contributed by atoms with Gasteiger partial charge in [0.2, 0.25) is 12.7 Å². The molecule has 0 spiro atoms. The lowest BCUT2D eigenvalue weighted by Gasteiger charge is -2.20. The van der Waals surface area contributed by atoms with Gasteiger partial charge in [-0.2, -0.15) is 0 Å². The molecule has 0 radical (unpaired) electrons. The minimum atomic E-state index is 0.221. The molecule has 0 fully saturated rings. The molecule has 0 aliphatic carbocycles. The number of aromatic nitrogens is 4. The minimum Gasteiger partial charge on any atom is -0.232 e. The van der Waals surface area contributed by atoms with E-state index >= 15 is 0 Å². The predicted octanol–water partition coefficient (Wildman–Crippen LogP) is 7.28. The topological polar surface area (TPSA) is 17.6 Å². The van der Waals surface area contributed by atoms with Crippen molar-refractivity contribution in [1.29, 1.82) is 0 Å². The zero-order valence-electron chi connectivity index (χ0n) is 25.9. The summed E-state index contributed by atoms with van der Waals surface area (Å²) in [5.74, 6) is 0. The minimum absolute atomic E-state index is 0.221. The van der Waals surface area contributed by atoms with Crippen molar-refractivity contribution in [3.8, 4) is 11.4 Å². The third-order valence-corrected chi connectivity index (χ3v) is 8.53. The Bertz CT molecular complexity index is 1680. The molecule has 2 heterocycles. The van der Waals surface area contributed by atoms with Gasteiger partial charge in [-0.05, 0) is 114 Å². The standard InChI is InChI=1S/C36H44N4/c1-23-15-27(5)35(28(6)16-23)39-12-11-37(21-39)20-33-25(3)19-26(4)34(31(33)9)32(10)38-13-14-40(22-38)36-29(7)17-24(2)18-30(36)8/h11-19,21-22,32H,20H2,1-10H3/q+2. The molecule has 0 saturated heterocycles. The molecule has 3 aromatic carbocycles. The third kappa shape index (κ3) is 5.03. The van der Waals surface area contributed by atoms with Gasteiger partial charge in [0.1, 0.15) is 48.7 Å². The molecule has 2 aromatic heterocycles. The SMILES string of the molecule is Cc1cc(C)c(-n2cc[n+](Cc3c(C)cc(C)c(C(C)[n+]4ccn(-c5c(C)cc(C)cc5C)c4)c3C)c2)c(C)c1. The van der Waals surface area contributed by atoms with Crippen molar-refractivity contribution in [2.45, 2.75) is 81.8 Å². The highest BCUT2D eigenvalue weighted by Crippen LogP contribution is 2.28. The van der Waals surface area contributed by atoms with Crippen LogP contribution in [-0.4, -0.2) is 9.13 Å². The van der Waals surface area contributed by atoms with Gasteiger partial charge in [0.25, 0.3) is 0 Å². The summed E-state index contributed by atoms with van der Waals surface area (Å²) in [5, 5.41) is 0. The van der Waals surface area contributed by atoms with Crippen LogP contribution in [0.15, 0.2) is 67.8 Å². The fourth-order valence-electron chi connectivity index (χ4n) is 6.97. The van der Waals surface area contributed by atoms with E-state index in [0.29, 0.717) is 0 Å².